The molecule has 1 fully saturated rings. The Labute approximate surface area is 108 Å². The van der Waals surface area contributed by atoms with Gasteiger partial charge in [-0.25, -0.2) is 0 Å². The normalized spacial score (nSPS) is 19.6. The minimum Gasteiger partial charge on any atom is -0.508 e. The van der Waals surface area contributed by atoms with Crippen LogP contribution in [0.5, 0.6) is 5.75 Å². The van der Waals surface area contributed by atoms with E-state index < -0.39 is 0 Å². The fraction of sp³-hybridized carbons (Fsp3) is 0.533. The van der Waals surface area contributed by atoms with Crippen LogP contribution in [-0.2, 0) is 0 Å². The van der Waals surface area contributed by atoms with Gasteiger partial charge in [0, 0.05) is 23.7 Å². The molecule has 0 saturated carbocycles. The van der Waals surface area contributed by atoms with Crippen LogP contribution in [0.2, 0.25) is 0 Å². The monoisotopic (exact) mass is 247 g/mol. The second-order valence-corrected chi connectivity index (χ2v) is 5.40. The Morgan fingerprint density at radius 1 is 1.44 bits per heavy atom. The van der Waals surface area contributed by atoms with Crippen molar-refractivity contribution < 1.29 is 9.90 Å². The molecule has 1 aliphatic heterocycles. The number of benzene rings is 1. The Morgan fingerprint density at radius 3 is 2.83 bits per heavy atom. The zero-order valence-electron chi connectivity index (χ0n) is 11.3. The first-order chi connectivity index (χ1) is 8.52. The standard InChI is InChI=1S/C15H21NO2/c1-10(2)13-7-5-9-16(13)15(18)12-6-4-8-14(17)11(12)3/h4,6,8,10,13,17H,5,7,9H2,1-3H3. The van der Waals surface area contributed by atoms with E-state index in [4.69, 9.17) is 0 Å². The molecule has 1 atom stereocenters. The van der Waals surface area contributed by atoms with Crippen molar-refractivity contribution in [2.75, 3.05) is 6.54 Å². The van der Waals surface area contributed by atoms with E-state index in [2.05, 4.69) is 13.8 Å². The maximum atomic E-state index is 12.5. The molecule has 18 heavy (non-hydrogen) atoms. The van der Waals surface area contributed by atoms with Gasteiger partial charge in [-0.3, -0.25) is 4.79 Å². The number of hydrogen-bond donors (Lipinski definition) is 1. The van der Waals surface area contributed by atoms with Crippen molar-refractivity contribution in [2.45, 2.75) is 39.7 Å². The Hall–Kier alpha value is -1.51. The highest BCUT2D eigenvalue weighted by Crippen LogP contribution is 2.28. The van der Waals surface area contributed by atoms with Gasteiger partial charge >= 0.3 is 0 Å². The summed E-state index contributed by atoms with van der Waals surface area (Å²) in [4.78, 5) is 14.5. The van der Waals surface area contributed by atoms with Crippen LogP contribution in [0.3, 0.4) is 0 Å². The van der Waals surface area contributed by atoms with E-state index >= 15 is 0 Å². The lowest BCUT2D eigenvalue weighted by molar-refractivity contribution is 0.0700. The Morgan fingerprint density at radius 2 is 2.17 bits per heavy atom. The van der Waals surface area contributed by atoms with Crippen LogP contribution in [0.1, 0.15) is 42.6 Å². The SMILES string of the molecule is Cc1c(O)cccc1C(=O)N1CCCC1C(C)C. The van der Waals surface area contributed by atoms with Crippen molar-refractivity contribution in [2.24, 2.45) is 5.92 Å². The summed E-state index contributed by atoms with van der Waals surface area (Å²) in [6.07, 6.45) is 2.16. The second kappa shape index (κ2) is 5.01. The van der Waals surface area contributed by atoms with Gasteiger partial charge in [-0.2, -0.15) is 0 Å². The molecule has 1 saturated heterocycles. The molecule has 1 aromatic carbocycles. The van der Waals surface area contributed by atoms with Crippen molar-refractivity contribution in [3.63, 3.8) is 0 Å². The first-order valence-corrected chi connectivity index (χ1v) is 6.62. The van der Waals surface area contributed by atoms with Crippen LogP contribution in [0.4, 0.5) is 0 Å². The van der Waals surface area contributed by atoms with E-state index in [-0.39, 0.29) is 11.7 Å². The van der Waals surface area contributed by atoms with Crippen molar-refractivity contribution in [1.82, 2.24) is 4.90 Å². The molecule has 1 unspecified atom stereocenters. The minimum atomic E-state index is 0.0552. The molecule has 3 nitrogen and oxygen atoms in total. The smallest absolute Gasteiger partial charge is 0.254 e. The number of phenols is 1. The molecule has 1 aliphatic rings. The van der Waals surface area contributed by atoms with Crippen molar-refractivity contribution >= 4 is 5.91 Å². The van der Waals surface area contributed by atoms with Crippen molar-refractivity contribution in [3.05, 3.63) is 29.3 Å². The molecular formula is C15H21NO2. The Kier molecular flexibility index (Phi) is 3.60. The number of hydrogen-bond acceptors (Lipinski definition) is 2. The molecule has 0 bridgehead atoms. The van der Waals surface area contributed by atoms with Crippen LogP contribution in [0, 0.1) is 12.8 Å². The molecule has 1 N–H and O–H groups in total. The van der Waals surface area contributed by atoms with E-state index in [0.717, 1.165) is 19.4 Å². The zero-order chi connectivity index (χ0) is 13.3. The average Bonchev–Trinajstić information content (AvgIpc) is 2.81. The van der Waals surface area contributed by atoms with Gasteiger partial charge in [0.1, 0.15) is 5.75 Å². The topological polar surface area (TPSA) is 40.5 Å². The summed E-state index contributed by atoms with van der Waals surface area (Å²) < 4.78 is 0. The average molecular weight is 247 g/mol. The molecular weight excluding hydrogens is 226 g/mol. The van der Waals surface area contributed by atoms with Gasteiger partial charge < -0.3 is 10.0 Å². The van der Waals surface area contributed by atoms with Gasteiger partial charge in [0.05, 0.1) is 0 Å². The van der Waals surface area contributed by atoms with Gasteiger partial charge in [0.15, 0.2) is 0 Å². The molecule has 3 heteroatoms. The predicted octanol–water partition coefficient (Wildman–Crippen LogP) is 2.96. The van der Waals surface area contributed by atoms with Gasteiger partial charge in [0.25, 0.3) is 5.91 Å². The molecule has 2 rings (SSSR count). The maximum Gasteiger partial charge on any atom is 0.254 e. The van der Waals surface area contributed by atoms with Gasteiger partial charge in [0.2, 0.25) is 0 Å². The van der Waals surface area contributed by atoms with E-state index in [1.54, 1.807) is 25.1 Å². The highest BCUT2D eigenvalue weighted by molar-refractivity contribution is 5.96. The molecule has 98 valence electrons. The molecule has 0 spiro atoms. The lowest BCUT2D eigenvalue weighted by atomic mass is 10.0. The summed E-state index contributed by atoms with van der Waals surface area (Å²) in [7, 11) is 0. The minimum absolute atomic E-state index is 0.0552. The number of rotatable bonds is 2. The van der Waals surface area contributed by atoms with Crippen LogP contribution < -0.4 is 0 Å². The highest BCUT2D eigenvalue weighted by atomic mass is 16.3. The second-order valence-electron chi connectivity index (χ2n) is 5.40. The van der Waals surface area contributed by atoms with E-state index in [1.807, 2.05) is 4.90 Å². The van der Waals surface area contributed by atoms with Crippen LogP contribution in [0.15, 0.2) is 18.2 Å². The summed E-state index contributed by atoms with van der Waals surface area (Å²) in [5.41, 5.74) is 1.31. The van der Waals surface area contributed by atoms with Gasteiger partial charge in [-0.05, 0) is 37.8 Å². The first-order valence-electron chi connectivity index (χ1n) is 6.62. The summed E-state index contributed by atoms with van der Waals surface area (Å²) in [5, 5.41) is 9.70. The summed E-state index contributed by atoms with van der Waals surface area (Å²) >= 11 is 0. The third-order valence-corrected chi connectivity index (χ3v) is 3.87. The first kappa shape index (κ1) is 12.9. The quantitative estimate of drug-likeness (QED) is 0.872. The van der Waals surface area contributed by atoms with Crippen LogP contribution in [0.25, 0.3) is 0 Å². The number of carbonyl (C=O) groups excluding carboxylic acids is 1. The van der Waals surface area contributed by atoms with E-state index in [0.29, 0.717) is 23.1 Å². The van der Waals surface area contributed by atoms with Crippen LogP contribution in [-0.4, -0.2) is 28.5 Å². The third kappa shape index (κ3) is 2.22. The molecule has 1 aromatic rings. The summed E-state index contributed by atoms with van der Waals surface area (Å²) in [6.45, 7) is 6.94. The molecule has 0 aliphatic carbocycles. The van der Waals surface area contributed by atoms with E-state index in [9.17, 15) is 9.90 Å². The predicted molar refractivity (Wildman–Crippen MR) is 71.7 cm³/mol. The lowest BCUT2D eigenvalue weighted by Crippen LogP contribution is -2.38. The van der Waals surface area contributed by atoms with Crippen molar-refractivity contribution in [3.8, 4) is 5.75 Å². The summed E-state index contributed by atoms with van der Waals surface area (Å²) in [5.74, 6) is 0.731. The highest BCUT2D eigenvalue weighted by Gasteiger charge is 2.32. The Balaban J connectivity index is 2.28. The molecule has 0 radical (unpaired) electrons. The zero-order valence-corrected chi connectivity index (χ0v) is 11.3. The van der Waals surface area contributed by atoms with Crippen LogP contribution >= 0.6 is 0 Å². The lowest BCUT2D eigenvalue weighted by Gasteiger charge is -2.28. The molecule has 0 aromatic heterocycles. The summed E-state index contributed by atoms with van der Waals surface area (Å²) in [6, 6.07) is 5.48. The molecule has 1 heterocycles. The van der Waals surface area contributed by atoms with Crippen molar-refractivity contribution in [1.29, 1.82) is 0 Å². The Bertz CT molecular complexity index is 454. The number of nitrogens with zero attached hydrogens (tertiary/aromatic N) is 1. The number of amides is 1. The van der Waals surface area contributed by atoms with Gasteiger partial charge in [-0.1, -0.05) is 19.9 Å². The van der Waals surface area contributed by atoms with E-state index in [1.165, 1.54) is 0 Å². The fourth-order valence-corrected chi connectivity index (χ4v) is 2.75. The number of phenolic OH excluding ortho intramolecular Hbond substituents is 1. The largest absolute Gasteiger partial charge is 0.508 e. The number of carbonyl (C=O) groups is 1. The van der Waals surface area contributed by atoms with Gasteiger partial charge in [-0.15, -0.1) is 0 Å². The number of likely N-dealkylation sites (tertiary alicyclic amines) is 1. The third-order valence-electron chi connectivity index (χ3n) is 3.87. The fourth-order valence-electron chi connectivity index (χ4n) is 2.75. The number of aromatic hydroxyl groups is 1. The molecule has 1 amide bonds. The maximum absolute atomic E-state index is 12.5.